The van der Waals surface area contributed by atoms with Crippen LogP contribution in [0.2, 0.25) is 0 Å². The molecule has 2 aromatic heterocycles. The van der Waals surface area contributed by atoms with E-state index in [1.165, 1.54) is 12.3 Å². The van der Waals surface area contributed by atoms with Crippen molar-refractivity contribution < 1.29 is 13.9 Å². The SMILES string of the molecule is O=C(NCc1cc2cc[nH]c2cc1F)c1cnn(C2COC2)c1. The van der Waals surface area contributed by atoms with Crippen molar-refractivity contribution in [1.82, 2.24) is 20.1 Å². The average Bonchev–Trinajstić information content (AvgIpc) is 3.11. The molecule has 3 aromatic rings. The number of aromatic nitrogens is 3. The van der Waals surface area contributed by atoms with Gasteiger partial charge in [0.15, 0.2) is 0 Å². The molecule has 0 aliphatic carbocycles. The van der Waals surface area contributed by atoms with Gasteiger partial charge in [-0.3, -0.25) is 9.48 Å². The largest absolute Gasteiger partial charge is 0.377 e. The van der Waals surface area contributed by atoms with Crippen LogP contribution >= 0.6 is 0 Å². The summed E-state index contributed by atoms with van der Waals surface area (Å²) < 4.78 is 20.8. The van der Waals surface area contributed by atoms with Gasteiger partial charge in [0, 0.05) is 30.0 Å². The normalized spacial score (nSPS) is 14.8. The predicted molar refractivity (Wildman–Crippen MR) is 81.5 cm³/mol. The first-order valence-corrected chi connectivity index (χ1v) is 7.36. The third-order valence-corrected chi connectivity index (χ3v) is 4.02. The highest BCUT2D eigenvalue weighted by Gasteiger charge is 2.22. The van der Waals surface area contributed by atoms with E-state index in [2.05, 4.69) is 15.4 Å². The zero-order valence-corrected chi connectivity index (χ0v) is 12.3. The Balaban J connectivity index is 1.45. The molecule has 1 saturated heterocycles. The standard InChI is InChI=1S/C16H15FN4O2/c17-14-4-15-10(1-2-18-15)3-11(14)5-19-16(22)12-6-20-21(7-12)13-8-23-9-13/h1-4,6-7,13,18H,5,8-9H2,(H,19,22). The summed E-state index contributed by atoms with van der Waals surface area (Å²) in [5.41, 5.74) is 1.65. The van der Waals surface area contributed by atoms with E-state index in [0.29, 0.717) is 24.3 Å². The second kappa shape index (κ2) is 5.51. The molecule has 1 aliphatic rings. The second-order valence-corrected chi connectivity index (χ2v) is 5.59. The van der Waals surface area contributed by atoms with Crippen LogP contribution in [0.25, 0.3) is 10.9 Å². The lowest BCUT2D eigenvalue weighted by Crippen LogP contribution is -2.31. The van der Waals surface area contributed by atoms with E-state index < -0.39 is 0 Å². The van der Waals surface area contributed by atoms with Gasteiger partial charge in [-0.15, -0.1) is 0 Å². The molecular formula is C16H15FN4O2. The Morgan fingerprint density at radius 3 is 3.13 bits per heavy atom. The van der Waals surface area contributed by atoms with Crippen molar-refractivity contribution in [2.45, 2.75) is 12.6 Å². The smallest absolute Gasteiger partial charge is 0.254 e. The number of ether oxygens (including phenoxy) is 1. The predicted octanol–water partition coefficient (Wildman–Crippen LogP) is 2.00. The first kappa shape index (κ1) is 14.0. The highest BCUT2D eigenvalue weighted by Crippen LogP contribution is 2.19. The van der Waals surface area contributed by atoms with Crippen molar-refractivity contribution >= 4 is 16.8 Å². The summed E-state index contributed by atoms with van der Waals surface area (Å²) in [6.07, 6.45) is 4.96. The maximum absolute atomic E-state index is 14.0. The van der Waals surface area contributed by atoms with Crippen LogP contribution in [0, 0.1) is 5.82 Å². The van der Waals surface area contributed by atoms with Crippen LogP contribution in [0.5, 0.6) is 0 Å². The lowest BCUT2D eigenvalue weighted by atomic mass is 10.1. The Bertz CT molecular complexity index is 866. The number of nitrogens with zero attached hydrogens (tertiary/aromatic N) is 2. The van der Waals surface area contributed by atoms with Crippen LogP contribution < -0.4 is 5.32 Å². The van der Waals surface area contributed by atoms with E-state index in [1.54, 1.807) is 23.1 Å². The summed E-state index contributed by atoms with van der Waals surface area (Å²) in [7, 11) is 0. The number of aromatic amines is 1. The number of nitrogens with one attached hydrogen (secondary N) is 2. The molecule has 0 saturated carbocycles. The lowest BCUT2D eigenvalue weighted by Gasteiger charge is -2.25. The van der Waals surface area contributed by atoms with Crippen molar-refractivity contribution in [3.63, 3.8) is 0 Å². The number of carbonyl (C=O) groups is 1. The molecule has 7 heteroatoms. The van der Waals surface area contributed by atoms with Crippen molar-refractivity contribution in [3.8, 4) is 0 Å². The first-order valence-electron chi connectivity index (χ1n) is 7.36. The van der Waals surface area contributed by atoms with Crippen LogP contribution in [0.3, 0.4) is 0 Å². The molecule has 1 fully saturated rings. The molecule has 3 heterocycles. The molecule has 1 aromatic carbocycles. The van der Waals surface area contributed by atoms with Gasteiger partial charge in [-0.05, 0) is 23.6 Å². The Labute approximate surface area is 131 Å². The minimum Gasteiger partial charge on any atom is -0.377 e. The molecule has 1 aliphatic heterocycles. The Hall–Kier alpha value is -2.67. The van der Waals surface area contributed by atoms with E-state index in [-0.39, 0.29) is 24.3 Å². The lowest BCUT2D eigenvalue weighted by molar-refractivity contribution is -0.0286. The van der Waals surface area contributed by atoms with Crippen LogP contribution in [0.4, 0.5) is 4.39 Å². The number of halogens is 1. The average molecular weight is 314 g/mol. The van der Waals surface area contributed by atoms with Gasteiger partial charge in [-0.2, -0.15) is 5.10 Å². The first-order chi connectivity index (χ1) is 11.2. The molecule has 0 spiro atoms. The summed E-state index contributed by atoms with van der Waals surface area (Å²) in [5.74, 6) is -0.618. The molecule has 4 rings (SSSR count). The number of H-pyrrole nitrogens is 1. The molecule has 0 radical (unpaired) electrons. The van der Waals surface area contributed by atoms with E-state index in [1.807, 2.05) is 6.07 Å². The van der Waals surface area contributed by atoms with Gasteiger partial charge in [0.2, 0.25) is 0 Å². The third-order valence-electron chi connectivity index (χ3n) is 4.02. The molecular weight excluding hydrogens is 299 g/mol. The van der Waals surface area contributed by atoms with Gasteiger partial charge in [-0.1, -0.05) is 0 Å². The fraction of sp³-hybridized carbons (Fsp3) is 0.250. The summed E-state index contributed by atoms with van der Waals surface area (Å²) in [4.78, 5) is 15.1. The molecule has 6 nitrogen and oxygen atoms in total. The van der Waals surface area contributed by atoms with Crippen molar-refractivity contribution in [2.24, 2.45) is 0 Å². The number of hydrogen-bond acceptors (Lipinski definition) is 3. The zero-order chi connectivity index (χ0) is 15.8. The number of hydrogen-bond donors (Lipinski definition) is 2. The van der Waals surface area contributed by atoms with Crippen LogP contribution in [0.1, 0.15) is 22.0 Å². The molecule has 0 unspecified atom stereocenters. The number of amides is 1. The number of carbonyl (C=O) groups excluding carboxylic acids is 1. The maximum Gasteiger partial charge on any atom is 0.254 e. The Kier molecular flexibility index (Phi) is 3.34. The molecule has 118 valence electrons. The topological polar surface area (TPSA) is 71.9 Å². The maximum atomic E-state index is 14.0. The van der Waals surface area contributed by atoms with Crippen LogP contribution in [0.15, 0.2) is 36.8 Å². The highest BCUT2D eigenvalue weighted by atomic mass is 19.1. The Morgan fingerprint density at radius 1 is 1.48 bits per heavy atom. The number of fused-ring (bicyclic) bond motifs is 1. The van der Waals surface area contributed by atoms with Crippen molar-refractivity contribution in [3.05, 3.63) is 53.7 Å². The van der Waals surface area contributed by atoms with E-state index in [9.17, 15) is 9.18 Å². The third kappa shape index (κ3) is 2.59. The molecule has 2 N–H and O–H groups in total. The fourth-order valence-corrected chi connectivity index (χ4v) is 2.57. The fourth-order valence-electron chi connectivity index (χ4n) is 2.57. The number of benzene rings is 1. The molecule has 1 amide bonds. The second-order valence-electron chi connectivity index (χ2n) is 5.59. The summed E-state index contributed by atoms with van der Waals surface area (Å²) >= 11 is 0. The van der Waals surface area contributed by atoms with Gasteiger partial charge in [0.25, 0.3) is 5.91 Å². The van der Waals surface area contributed by atoms with Crippen molar-refractivity contribution in [1.29, 1.82) is 0 Å². The monoisotopic (exact) mass is 314 g/mol. The molecule has 0 bridgehead atoms. The van der Waals surface area contributed by atoms with Crippen LogP contribution in [-0.2, 0) is 11.3 Å². The highest BCUT2D eigenvalue weighted by molar-refractivity contribution is 5.93. The molecule has 23 heavy (non-hydrogen) atoms. The number of rotatable bonds is 4. The van der Waals surface area contributed by atoms with Gasteiger partial charge >= 0.3 is 0 Å². The van der Waals surface area contributed by atoms with Gasteiger partial charge < -0.3 is 15.0 Å². The minimum atomic E-state index is -0.345. The van der Waals surface area contributed by atoms with Crippen LogP contribution in [-0.4, -0.2) is 33.9 Å². The summed E-state index contributed by atoms with van der Waals surface area (Å²) in [6.45, 7) is 1.36. The quantitative estimate of drug-likeness (QED) is 0.774. The van der Waals surface area contributed by atoms with Gasteiger partial charge in [0.1, 0.15) is 5.82 Å². The minimum absolute atomic E-state index is 0.128. The van der Waals surface area contributed by atoms with Gasteiger partial charge in [0.05, 0.1) is 31.0 Å². The van der Waals surface area contributed by atoms with E-state index in [4.69, 9.17) is 4.74 Å². The zero-order valence-electron chi connectivity index (χ0n) is 12.3. The Morgan fingerprint density at radius 2 is 2.35 bits per heavy atom. The molecule has 0 atom stereocenters. The summed E-state index contributed by atoms with van der Waals surface area (Å²) in [6, 6.07) is 5.23. The van der Waals surface area contributed by atoms with E-state index >= 15 is 0 Å². The van der Waals surface area contributed by atoms with Gasteiger partial charge in [-0.25, -0.2) is 4.39 Å². The van der Waals surface area contributed by atoms with E-state index in [0.717, 1.165) is 10.9 Å². The van der Waals surface area contributed by atoms with Crippen molar-refractivity contribution in [2.75, 3.05) is 13.2 Å². The summed E-state index contributed by atoms with van der Waals surface area (Å²) in [5, 5.41) is 7.80.